The summed E-state index contributed by atoms with van der Waals surface area (Å²) in [5, 5.41) is 5.80. The number of hydrogen-bond donors (Lipinski definition) is 2. The molecule has 19 heavy (non-hydrogen) atoms. The minimum Gasteiger partial charge on any atom is -0.467 e. The third kappa shape index (κ3) is 2.62. The van der Waals surface area contributed by atoms with Gasteiger partial charge in [-0.1, -0.05) is 24.3 Å². The lowest BCUT2D eigenvalue weighted by Gasteiger charge is -2.14. The molecule has 0 fully saturated rings. The topological polar surface area (TPSA) is 54.3 Å². The minimum atomic E-state index is -0.155. The fraction of sp³-hybridized carbons (Fsp3) is 0.267. The molecule has 0 saturated carbocycles. The summed E-state index contributed by atoms with van der Waals surface area (Å²) < 4.78 is 5.17. The van der Waals surface area contributed by atoms with Crippen molar-refractivity contribution in [3.05, 3.63) is 59.5 Å². The van der Waals surface area contributed by atoms with Crippen molar-refractivity contribution < 1.29 is 9.21 Å². The maximum absolute atomic E-state index is 11.8. The Morgan fingerprint density at radius 3 is 3.00 bits per heavy atom. The molecule has 0 bridgehead atoms. The number of hydrogen-bond acceptors (Lipinski definition) is 2. The smallest absolute Gasteiger partial charge is 0.315 e. The predicted octanol–water partition coefficient (Wildman–Crippen LogP) is 2.77. The molecular weight excluding hydrogens is 240 g/mol. The second-order valence-corrected chi connectivity index (χ2v) is 4.70. The number of carbonyl (C=O) groups excluding carboxylic acids is 1. The first-order chi connectivity index (χ1) is 9.33. The van der Waals surface area contributed by atoms with Crippen molar-refractivity contribution >= 4 is 6.03 Å². The molecule has 1 aliphatic carbocycles. The molecule has 2 aromatic rings. The van der Waals surface area contributed by atoms with Crippen LogP contribution in [0.2, 0.25) is 0 Å². The van der Waals surface area contributed by atoms with E-state index in [4.69, 9.17) is 4.42 Å². The number of carbonyl (C=O) groups is 1. The van der Waals surface area contributed by atoms with Gasteiger partial charge < -0.3 is 15.1 Å². The van der Waals surface area contributed by atoms with Crippen LogP contribution in [0.15, 0.2) is 47.1 Å². The van der Waals surface area contributed by atoms with Crippen molar-refractivity contribution in [3.63, 3.8) is 0 Å². The van der Waals surface area contributed by atoms with Crippen LogP contribution in [-0.4, -0.2) is 6.03 Å². The third-order valence-corrected chi connectivity index (χ3v) is 3.44. The highest BCUT2D eigenvalue weighted by molar-refractivity contribution is 5.74. The van der Waals surface area contributed by atoms with E-state index in [2.05, 4.69) is 22.8 Å². The van der Waals surface area contributed by atoms with Gasteiger partial charge in [-0.2, -0.15) is 0 Å². The van der Waals surface area contributed by atoms with E-state index in [0.717, 1.165) is 18.6 Å². The molecular formula is C15H16N2O2. The van der Waals surface area contributed by atoms with E-state index < -0.39 is 0 Å². The highest BCUT2D eigenvalue weighted by Gasteiger charge is 2.23. The van der Waals surface area contributed by atoms with E-state index in [1.165, 1.54) is 11.1 Å². The van der Waals surface area contributed by atoms with Crippen LogP contribution in [0.4, 0.5) is 4.79 Å². The Labute approximate surface area is 111 Å². The van der Waals surface area contributed by atoms with Gasteiger partial charge in [0.1, 0.15) is 5.76 Å². The van der Waals surface area contributed by atoms with Crippen LogP contribution in [0.3, 0.4) is 0 Å². The Morgan fingerprint density at radius 1 is 1.26 bits per heavy atom. The SMILES string of the molecule is O=C(NCc1ccco1)NC1CCc2ccccc21. The first-order valence-corrected chi connectivity index (χ1v) is 6.47. The lowest BCUT2D eigenvalue weighted by atomic mass is 10.1. The number of aryl methyl sites for hydroxylation is 1. The number of urea groups is 1. The summed E-state index contributed by atoms with van der Waals surface area (Å²) in [7, 11) is 0. The molecule has 0 aliphatic heterocycles. The molecule has 2 N–H and O–H groups in total. The van der Waals surface area contributed by atoms with Crippen LogP contribution in [0.25, 0.3) is 0 Å². The lowest BCUT2D eigenvalue weighted by molar-refractivity contribution is 0.235. The van der Waals surface area contributed by atoms with E-state index in [-0.39, 0.29) is 12.1 Å². The Bertz CT molecular complexity index is 563. The average molecular weight is 256 g/mol. The van der Waals surface area contributed by atoms with Crippen molar-refractivity contribution in [3.8, 4) is 0 Å². The molecule has 1 aliphatic rings. The fourth-order valence-corrected chi connectivity index (χ4v) is 2.50. The van der Waals surface area contributed by atoms with E-state index >= 15 is 0 Å². The van der Waals surface area contributed by atoms with Gasteiger partial charge in [0.15, 0.2) is 0 Å². The molecule has 1 unspecified atom stereocenters. The highest BCUT2D eigenvalue weighted by Crippen LogP contribution is 2.30. The number of rotatable bonds is 3. The zero-order valence-electron chi connectivity index (χ0n) is 10.6. The Morgan fingerprint density at radius 2 is 2.16 bits per heavy atom. The van der Waals surface area contributed by atoms with Gasteiger partial charge in [-0.25, -0.2) is 4.79 Å². The monoisotopic (exact) mass is 256 g/mol. The molecule has 98 valence electrons. The van der Waals surface area contributed by atoms with E-state index in [1.807, 2.05) is 24.3 Å². The fourth-order valence-electron chi connectivity index (χ4n) is 2.50. The maximum atomic E-state index is 11.8. The van der Waals surface area contributed by atoms with Crippen molar-refractivity contribution in [1.82, 2.24) is 10.6 Å². The first kappa shape index (κ1) is 11.8. The highest BCUT2D eigenvalue weighted by atomic mass is 16.3. The van der Waals surface area contributed by atoms with Crippen LogP contribution < -0.4 is 10.6 Å². The summed E-state index contributed by atoms with van der Waals surface area (Å²) in [6.45, 7) is 0.410. The molecule has 1 aromatic carbocycles. The normalized spacial score (nSPS) is 16.9. The second-order valence-electron chi connectivity index (χ2n) is 4.70. The number of fused-ring (bicyclic) bond motifs is 1. The summed E-state index contributed by atoms with van der Waals surface area (Å²) in [5.41, 5.74) is 2.56. The van der Waals surface area contributed by atoms with Crippen LogP contribution >= 0.6 is 0 Å². The minimum absolute atomic E-state index is 0.118. The number of nitrogens with one attached hydrogen (secondary N) is 2. The zero-order valence-corrected chi connectivity index (χ0v) is 10.6. The molecule has 0 radical (unpaired) electrons. The molecule has 1 atom stereocenters. The first-order valence-electron chi connectivity index (χ1n) is 6.47. The van der Waals surface area contributed by atoms with Gasteiger partial charge in [0, 0.05) is 0 Å². The van der Waals surface area contributed by atoms with Gasteiger partial charge in [0.25, 0.3) is 0 Å². The van der Waals surface area contributed by atoms with Crippen LogP contribution in [0, 0.1) is 0 Å². The lowest BCUT2D eigenvalue weighted by Crippen LogP contribution is -2.36. The molecule has 2 amide bonds. The maximum Gasteiger partial charge on any atom is 0.315 e. The molecule has 3 rings (SSSR count). The summed E-state index contributed by atoms with van der Waals surface area (Å²) in [5.74, 6) is 0.752. The standard InChI is InChI=1S/C15H16N2O2/c18-15(16-10-12-5-3-9-19-12)17-14-8-7-11-4-1-2-6-13(11)14/h1-6,9,14H,7-8,10H2,(H2,16,17,18). The quantitative estimate of drug-likeness (QED) is 0.887. The largest absolute Gasteiger partial charge is 0.467 e. The summed E-state index contributed by atoms with van der Waals surface area (Å²) in [6, 6.07) is 11.9. The van der Waals surface area contributed by atoms with E-state index in [0.29, 0.717) is 6.54 Å². The number of amides is 2. The van der Waals surface area contributed by atoms with E-state index in [1.54, 1.807) is 6.26 Å². The summed E-state index contributed by atoms with van der Waals surface area (Å²) in [4.78, 5) is 11.8. The van der Waals surface area contributed by atoms with Crippen LogP contribution in [-0.2, 0) is 13.0 Å². The molecule has 1 heterocycles. The van der Waals surface area contributed by atoms with Gasteiger partial charge in [-0.05, 0) is 36.1 Å². The van der Waals surface area contributed by atoms with Gasteiger partial charge in [-0.3, -0.25) is 0 Å². The van der Waals surface area contributed by atoms with Gasteiger partial charge in [0.2, 0.25) is 0 Å². The summed E-state index contributed by atoms with van der Waals surface area (Å²) in [6.07, 6.45) is 3.59. The van der Waals surface area contributed by atoms with Crippen molar-refractivity contribution in [1.29, 1.82) is 0 Å². The molecule has 4 nitrogen and oxygen atoms in total. The molecule has 4 heteroatoms. The molecule has 0 saturated heterocycles. The van der Waals surface area contributed by atoms with Crippen molar-refractivity contribution in [2.45, 2.75) is 25.4 Å². The van der Waals surface area contributed by atoms with Crippen LogP contribution in [0.1, 0.15) is 29.3 Å². The Kier molecular flexibility index (Phi) is 3.23. The third-order valence-electron chi connectivity index (χ3n) is 3.44. The summed E-state index contributed by atoms with van der Waals surface area (Å²) >= 11 is 0. The Balaban J connectivity index is 1.56. The average Bonchev–Trinajstić information content (AvgIpc) is 3.07. The molecule has 0 spiro atoms. The van der Waals surface area contributed by atoms with Gasteiger partial charge >= 0.3 is 6.03 Å². The predicted molar refractivity (Wildman–Crippen MR) is 71.6 cm³/mol. The second kappa shape index (κ2) is 5.18. The number of furan rings is 1. The molecule has 1 aromatic heterocycles. The zero-order chi connectivity index (χ0) is 13.1. The van der Waals surface area contributed by atoms with E-state index in [9.17, 15) is 4.79 Å². The van der Waals surface area contributed by atoms with Gasteiger partial charge in [-0.15, -0.1) is 0 Å². The van der Waals surface area contributed by atoms with Crippen molar-refractivity contribution in [2.75, 3.05) is 0 Å². The number of benzene rings is 1. The van der Waals surface area contributed by atoms with Crippen LogP contribution in [0.5, 0.6) is 0 Å². The van der Waals surface area contributed by atoms with Crippen molar-refractivity contribution in [2.24, 2.45) is 0 Å². The Hall–Kier alpha value is -2.23. The van der Waals surface area contributed by atoms with Gasteiger partial charge in [0.05, 0.1) is 18.8 Å².